The van der Waals surface area contributed by atoms with Crippen LogP contribution in [-0.2, 0) is 14.8 Å². The lowest BCUT2D eigenvalue weighted by molar-refractivity contribution is 0.177. The van der Waals surface area contributed by atoms with Gasteiger partial charge in [0.2, 0.25) is 10.0 Å². The minimum Gasteiger partial charge on any atom is -0.383 e. The number of nitrogens with zero attached hydrogens (tertiary/aromatic N) is 1. The monoisotopic (exact) mass is 264 g/mol. The zero-order valence-electron chi connectivity index (χ0n) is 10.8. The molecule has 1 N–H and O–H groups in total. The van der Waals surface area contributed by atoms with Crippen molar-refractivity contribution in [2.24, 2.45) is 0 Å². The first-order chi connectivity index (χ1) is 8.11. The van der Waals surface area contributed by atoms with Crippen LogP contribution >= 0.6 is 0 Å². The minimum atomic E-state index is -3.09. The highest BCUT2D eigenvalue weighted by molar-refractivity contribution is 7.89. The van der Waals surface area contributed by atoms with Crippen molar-refractivity contribution >= 4 is 10.0 Å². The number of nitrogens with one attached hydrogen (secondary N) is 1. The number of ether oxygens (including phenoxy) is 1. The number of hydrogen-bond acceptors (Lipinski definition) is 4. The van der Waals surface area contributed by atoms with Gasteiger partial charge >= 0.3 is 0 Å². The Labute approximate surface area is 105 Å². The van der Waals surface area contributed by atoms with Crippen LogP contribution in [0.3, 0.4) is 0 Å². The normalized spacial score (nSPS) is 16.6. The number of hydrogen-bond donors (Lipinski definition) is 1. The molecule has 0 spiro atoms. The van der Waals surface area contributed by atoms with Crippen LogP contribution in [0.1, 0.15) is 25.7 Å². The first-order valence-corrected chi connectivity index (χ1v) is 7.86. The van der Waals surface area contributed by atoms with Gasteiger partial charge in [0.1, 0.15) is 0 Å². The fourth-order valence-corrected chi connectivity index (χ4v) is 3.62. The molecule has 0 unspecified atom stereocenters. The molecule has 1 aliphatic carbocycles. The summed E-state index contributed by atoms with van der Waals surface area (Å²) in [7, 11) is 0.394. The Morgan fingerprint density at radius 2 is 2.06 bits per heavy atom. The summed E-state index contributed by atoms with van der Waals surface area (Å²) >= 11 is 0. The number of methoxy groups -OCH3 is 1. The van der Waals surface area contributed by atoms with Crippen LogP contribution in [0.2, 0.25) is 0 Å². The Balaban J connectivity index is 2.40. The summed E-state index contributed by atoms with van der Waals surface area (Å²) in [4.78, 5) is 0. The van der Waals surface area contributed by atoms with Gasteiger partial charge in [0, 0.05) is 19.7 Å². The Morgan fingerprint density at radius 1 is 1.35 bits per heavy atom. The standard InChI is InChI=1S/C11H24N2O3S/c1-12-7-3-4-10-17(14,15)13(8-9-16-2)11-5-6-11/h11-12H,3-10H2,1-2H3. The molecular weight excluding hydrogens is 240 g/mol. The van der Waals surface area contributed by atoms with E-state index >= 15 is 0 Å². The summed E-state index contributed by atoms with van der Waals surface area (Å²) in [6, 6.07) is 0.236. The van der Waals surface area contributed by atoms with Crippen molar-refractivity contribution in [2.75, 3.05) is 39.6 Å². The van der Waals surface area contributed by atoms with Gasteiger partial charge in [0.05, 0.1) is 12.4 Å². The number of rotatable bonds is 10. The lowest BCUT2D eigenvalue weighted by atomic mass is 10.3. The fraction of sp³-hybridized carbons (Fsp3) is 1.00. The van der Waals surface area contributed by atoms with Gasteiger partial charge in [0.25, 0.3) is 0 Å². The smallest absolute Gasteiger partial charge is 0.214 e. The van der Waals surface area contributed by atoms with Gasteiger partial charge in [-0.25, -0.2) is 8.42 Å². The topological polar surface area (TPSA) is 58.6 Å². The quantitative estimate of drug-likeness (QED) is 0.581. The van der Waals surface area contributed by atoms with E-state index in [1.165, 1.54) is 0 Å². The Morgan fingerprint density at radius 3 is 2.59 bits per heavy atom. The van der Waals surface area contributed by atoms with Crippen molar-refractivity contribution in [2.45, 2.75) is 31.7 Å². The lowest BCUT2D eigenvalue weighted by Gasteiger charge is -2.21. The Kier molecular flexibility index (Phi) is 6.40. The molecule has 6 heteroatoms. The average molecular weight is 264 g/mol. The van der Waals surface area contributed by atoms with Gasteiger partial charge < -0.3 is 10.1 Å². The predicted molar refractivity (Wildman–Crippen MR) is 68.6 cm³/mol. The van der Waals surface area contributed by atoms with Crippen molar-refractivity contribution < 1.29 is 13.2 Å². The zero-order chi connectivity index (χ0) is 12.7. The average Bonchev–Trinajstić information content (AvgIpc) is 3.09. The molecule has 102 valence electrons. The van der Waals surface area contributed by atoms with Crippen molar-refractivity contribution in [3.8, 4) is 0 Å². The van der Waals surface area contributed by atoms with E-state index in [0.717, 1.165) is 32.2 Å². The summed E-state index contributed by atoms with van der Waals surface area (Å²) in [5, 5.41) is 3.02. The highest BCUT2D eigenvalue weighted by Crippen LogP contribution is 2.29. The molecule has 0 saturated heterocycles. The van der Waals surface area contributed by atoms with Crippen LogP contribution in [0.25, 0.3) is 0 Å². The van der Waals surface area contributed by atoms with Crippen LogP contribution in [0, 0.1) is 0 Å². The van der Waals surface area contributed by atoms with Crippen molar-refractivity contribution in [3.63, 3.8) is 0 Å². The molecule has 1 fully saturated rings. The number of unbranched alkanes of at least 4 members (excludes halogenated alkanes) is 1. The third-order valence-electron chi connectivity index (χ3n) is 2.91. The largest absolute Gasteiger partial charge is 0.383 e. The van der Waals surface area contributed by atoms with Crippen LogP contribution < -0.4 is 5.32 Å². The van der Waals surface area contributed by atoms with Gasteiger partial charge in [-0.3, -0.25) is 0 Å². The molecule has 0 amide bonds. The van der Waals surface area contributed by atoms with E-state index in [1.54, 1.807) is 11.4 Å². The fourth-order valence-electron chi connectivity index (χ4n) is 1.80. The Bertz CT molecular complexity index is 302. The SMILES string of the molecule is CNCCCCS(=O)(=O)N(CCOC)C1CC1. The van der Waals surface area contributed by atoms with Crippen molar-refractivity contribution in [1.82, 2.24) is 9.62 Å². The van der Waals surface area contributed by atoms with E-state index in [4.69, 9.17) is 4.74 Å². The molecule has 17 heavy (non-hydrogen) atoms. The molecule has 1 saturated carbocycles. The van der Waals surface area contributed by atoms with Crippen LogP contribution in [0.5, 0.6) is 0 Å². The lowest BCUT2D eigenvalue weighted by Crippen LogP contribution is -2.37. The highest BCUT2D eigenvalue weighted by atomic mass is 32.2. The van der Waals surface area contributed by atoms with Gasteiger partial charge in [0.15, 0.2) is 0 Å². The van der Waals surface area contributed by atoms with Crippen molar-refractivity contribution in [3.05, 3.63) is 0 Å². The zero-order valence-corrected chi connectivity index (χ0v) is 11.6. The van der Waals surface area contributed by atoms with E-state index < -0.39 is 10.0 Å². The van der Waals surface area contributed by atoms with E-state index in [0.29, 0.717) is 13.2 Å². The molecule has 1 rings (SSSR count). The first kappa shape index (κ1) is 14.9. The highest BCUT2D eigenvalue weighted by Gasteiger charge is 2.36. The molecule has 0 aliphatic heterocycles. The summed E-state index contributed by atoms with van der Waals surface area (Å²) in [6.45, 7) is 1.85. The van der Waals surface area contributed by atoms with Gasteiger partial charge in [-0.05, 0) is 39.3 Å². The van der Waals surface area contributed by atoms with Gasteiger partial charge in [-0.1, -0.05) is 0 Å². The molecule has 0 aromatic heterocycles. The maximum Gasteiger partial charge on any atom is 0.214 e. The van der Waals surface area contributed by atoms with E-state index in [-0.39, 0.29) is 11.8 Å². The van der Waals surface area contributed by atoms with E-state index in [9.17, 15) is 8.42 Å². The second kappa shape index (κ2) is 7.31. The second-order valence-corrected chi connectivity index (χ2v) is 6.50. The maximum atomic E-state index is 12.1. The van der Waals surface area contributed by atoms with Gasteiger partial charge in [-0.15, -0.1) is 0 Å². The maximum absolute atomic E-state index is 12.1. The molecule has 0 bridgehead atoms. The first-order valence-electron chi connectivity index (χ1n) is 6.25. The molecule has 0 aromatic rings. The van der Waals surface area contributed by atoms with Crippen LogP contribution in [-0.4, -0.2) is 58.4 Å². The molecule has 5 nitrogen and oxygen atoms in total. The van der Waals surface area contributed by atoms with Gasteiger partial charge in [-0.2, -0.15) is 4.31 Å². The molecule has 0 aromatic carbocycles. The number of sulfonamides is 1. The molecule has 1 aliphatic rings. The summed E-state index contributed by atoms with van der Waals surface area (Å²) in [5.74, 6) is 0.259. The molecule has 0 atom stereocenters. The molecular formula is C11H24N2O3S. The third-order valence-corrected chi connectivity index (χ3v) is 4.91. The second-order valence-electron chi connectivity index (χ2n) is 4.46. The van der Waals surface area contributed by atoms with E-state index in [2.05, 4.69) is 5.32 Å². The van der Waals surface area contributed by atoms with E-state index in [1.807, 2.05) is 7.05 Å². The minimum absolute atomic E-state index is 0.236. The molecule has 0 radical (unpaired) electrons. The third kappa shape index (κ3) is 5.33. The summed E-state index contributed by atoms with van der Waals surface area (Å²) in [5.41, 5.74) is 0. The van der Waals surface area contributed by atoms with Crippen molar-refractivity contribution in [1.29, 1.82) is 0 Å². The summed E-state index contributed by atoms with van der Waals surface area (Å²) in [6.07, 6.45) is 3.62. The summed E-state index contributed by atoms with van der Waals surface area (Å²) < 4.78 is 30.9. The van der Waals surface area contributed by atoms with Crippen LogP contribution in [0.15, 0.2) is 0 Å². The predicted octanol–water partition coefficient (Wildman–Crippen LogP) is 0.427. The Hall–Kier alpha value is -0.170. The molecule has 0 heterocycles. The van der Waals surface area contributed by atoms with Crippen LogP contribution in [0.4, 0.5) is 0 Å².